The van der Waals surface area contributed by atoms with Crippen LogP contribution in [0.5, 0.6) is 0 Å². The molecule has 0 aromatic rings. The lowest BCUT2D eigenvalue weighted by molar-refractivity contribution is -0.191. The fraction of sp³-hybridized carbons (Fsp3) is 0.769. The Kier molecular flexibility index (Phi) is 7.78. The van der Waals surface area contributed by atoms with E-state index in [-0.39, 0.29) is 54.5 Å². The summed E-state index contributed by atoms with van der Waals surface area (Å²) in [6.07, 6.45) is 3.53. The van der Waals surface area contributed by atoms with Crippen LogP contribution in [-0.2, 0) is 38.1 Å². The molecule has 0 aromatic carbocycles. The summed E-state index contributed by atoms with van der Waals surface area (Å²) in [6, 6.07) is 0. The summed E-state index contributed by atoms with van der Waals surface area (Å²) in [5.74, 6) is -1.66. The van der Waals surface area contributed by atoms with E-state index < -0.39 is 23.4 Å². The molecule has 190 valence electrons. The molecule has 34 heavy (non-hydrogen) atoms. The first-order valence-electron chi connectivity index (χ1n) is 12.2. The van der Waals surface area contributed by atoms with Gasteiger partial charge in [0, 0.05) is 26.2 Å². The Balaban J connectivity index is 1.84. The minimum Gasteiger partial charge on any atom is -0.465 e. The van der Waals surface area contributed by atoms with E-state index in [0.29, 0.717) is 19.3 Å². The summed E-state index contributed by atoms with van der Waals surface area (Å²) in [5, 5.41) is 0. The molecular formula is C26H38O8. The number of esters is 4. The molecule has 1 heterocycles. The molecule has 0 amide bonds. The number of allylic oxidation sites excluding steroid dienone is 1. The fourth-order valence-electron chi connectivity index (χ4n) is 6.87. The van der Waals surface area contributed by atoms with Gasteiger partial charge in [-0.3, -0.25) is 19.2 Å². The number of rotatable bonds is 7. The van der Waals surface area contributed by atoms with Crippen LogP contribution >= 0.6 is 0 Å². The van der Waals surface area contributed by atoms with Crippen molar-refractivity contribution in [1.29, 1.82) is 0 Å². The monoisotopic (exact) mass is 478 g/mol. The largest absolute Gasteiger partial charge is 0.465 e. The van der Waals surface area contributed by atoms with E-state index in [4.69, 9.17) is 18.9 Å². The van der Waals surface area contributed by atoms with Crippen LogP contribution in [0.3, 0.4) is 0 Å². The molecule has 1 aliphatic heterocycles. The average Bonchev–Trinajstić information content (AvgIpc) is 3.07. The van der Waals surface area contributed by atoms with E-state index in [1.54, 1.807) is 0 Å². The average molecular weight is 479 g/mol. The summed E-state index contributed by atoms with van der Waals surface area (Å²) < 4.78 is 21.7. The third-order valence-corrected chi connectivity index (χ3v) is 8.44. The number of carbonyl (C=O) groups excluding carboxylic acids is 4. The van der Waals surface area contributed by atoms with Gasteiger partial charge in [-0.05, 0) is 55.8 Å². The van der Waals surface area contributed by atoms with E-state index in [1.807, 2.05) is 0 Å². The summed E-state index contributed by atoms with van der Waals surface area (Å²) in [4.78, 5) is 47.3. The molecule has 0 aromatic heterocycles. The molecule has 0 N–H and O–H groups in total. The van der Waals surface area contributed by atoms with Crippen LogP contribution in [0.1, 0.15) is 73.1 Å². The van der Waals surface area contributed by atoms with E-state index in [0.717, 1.165) is 24.8 Å². The highest BCUT2D eigenvalue weighted by atomic mass is 16.6. The highest BCUT2D eigenvalue weighted by Gasteiger charge is 2.59. The molecule has 2 saturated carbocycles. The highest BCUT2D eigenvalue weighted by molar-refractivity contribution is 5.76. The van der Waals surface area contributed by atoms with Gasteiger partial charge in [-0.1, -0.05) is 26.0 Å². The molecule has 1 saturated heterocycles. The van der Waals surface area contributed by atoms with Gasteiger partial charge in [0.25, 0.3) is 0 Å². The maximum atomic E-state index is 12.3. The van der Waals surface area contributed by atoms with Gasteiger partial charge in [-0.2, -0.15) is 0 Å². The van der Waals surface area contributed by atoms with E-state index in [9.17, 15) is 19.2 Å². The molecule has 2 aliphatic carbocycles. The Morgan fingerprint density at radius 1 is 1.03 bits per heavy atom. The van der Waals surface area contributed by atoms with Crippen LogP contribution in [0.2, 0.25) is 0 Å². The van der Waals surface area contributed by atoms with Crippen molar-refractivity contribution in [1.82, 2.24) is 0 Å². The van der Waals surface area contributed by atoms with Gasteiger partial charge in [0.05, 0.1) is 5.92 Å². The number of carbonyl (C=O) groups is 4. The van der Waals surface area contributed by atoms with Gasteiger partial charge < -0.3 is 18.9 Å². The molecule has 0 bridgehead atoms. The lowest BCUT2D eigenvalue weighted by Gasteiger charge is -2.60. The second-order valence-corrected chi connectivity index (χ2v) is 10.7. The molecule has 7 atom stereocenters. The molecule has 8 nitrogen and oxygen atoms in total. The van der Waals surface area contributed by atoms with E-state index >= 15 is 0 Å². The van der Waals surface area contributed by atoms with Crippen LogP contribution in [-0.4, -0.2) is 49.3 Å². The first-order valence-corrected chi connectivity index (χ1v) is 12.2. The number of hydrogen-bond acceptors (Lipinski definition) is 8. The summed E-state index contributed by atoms with van der Waals surface area (Å²) in [7, 11) is 0. The second-order valence-electron chi connectivity index (χ2n) is 10.7. The zero-order valence-corrected chi connectivity index (χ0v) is 21.0. The van der Waals surface area contributed by atoms with Gasteiger partial charge >= 0.3 is 23.9 Å². The van der Waals surface area contributed by atoms with Crippen LogP contribution < -0.4 is 0 Å². The zero-order chi connectivity index (χ0) is 25.3. The molecule has 0 radical (unpaired) electrons. The minimum absolute atomic E-state index is 0.0963. The van der Waals surface area contributed by atoms with Crippen LogP contribution in [0.4, 0.5) is 0 Å². The van der Waals surface area contributed by atoms with Crippen molar-refractivity contribution in [2.75, 3.05) is 13.2 Å². The lowest BCUT2D eigenvalue weighted by Crippen LogP contribution is -2.58. The van der Waals surface area contributed by atoms with Gasteiger partial charge in [0.2, 0.25) is 0 Å². The molecule has 3 aliphatic rings. The lowest BCUT2D eigenvalue weighted by atomic mass is 9.46. The Morgan fingerprint density at radius 3 is 2.32 bits per heavy atom. The van der Waals surface area contributed by atoms with Crippen molar-refractivity contribution < 1.29 is 38.1 Å². The van der Waals surface area contributed by atoms with Gasteiger partial charge in [0.1, 0.15) is 25.4 Å². The molecule has 1 unspecified atom stereocenters. The summed E-state index contributed by atoms with van der Waals surface area (Å²) in [6.45, 7) is 13.1. The Bertz CT molecular complexity index is 850. The molecule has 3 fully saturated rings. The molecule has 3 rings (SSSR count). The first-order chi connectivity index (χ1) is 15.9. The van der Waals surface area contributed by atoms with Crippen molar-refractivity contribution in [3.8, 4) is 0 Å². The Labute approximate surface area is 201 Å². The quantitative estimate of drug-likeness (QED) is 0.309. The van der Waals surface area contributed by atoms with E-state index in [1.165, 1.54) is 20.8 Å². The predicted octanol–water partition coefficient (Wildman–Crippen LogP) is 3.75. The van der Waals surface area contributed by atoms with Crippen molar-refractivity contribution in [3.63, 3.8) is 0 Å². The second kappa shape index (κ2) is 10.1. The van der Waals surface area contributed by atoms with Crippen LogP contribution in [0, 0.1) is 28.6 Å². The van der Waals surface area contributed by atoms with Gasteiger partial charge in [-0.15, -0.1) is 0 Å². The predicted molar refractivity (Wildman–Crippen MR) is 122 cm³/mol. The molecular weight excluding hydrogens is 440 g/mol. The van der Waals surface area contributed by atoms with Crippen molar-refractivity contribution in [2.24, 2.45) is 28.6 Å². The normalized spacial score (nSPS) is 37.4. The third-order valence-electron chi connectivity index (χ3n) is 8.44. The van der Waals surface area contributed by atoms with Gasteiger partial charge in [-0.25, -0.2) is 0 Å². The summed E-state index contributed by atoms with van der Waals surface area (Å²) >= 11 is 0. The Hall–Kier alpha value is -2.38. The van der Waals surface area contributed by atoms with Crippen molar-refractivity contribution >= 4 is 23.9 Å². The topological polar surface area (TPSA) is 105 Å². The molecule has 8 heteroatoms. The zero-order valence-electron chi connectivity index (χ0n) is 21.0. The maximum Gasteiger partial charge on any atom is 0.312 e. The SMILES string of the molecule is C=C1CC[C@@H]2[C@](C)(COC(C)=O)[C@H](OC(C)=O)CC[C@@]2(C)[C@@H]1CCC1C(=O)OC[C@H]1OC(C)=O. The van der Waals surface area contributed by atoms with Crippen molar-refractivity contribution in [3.05, 3.63) is 12.2 Å². The number of cyclic esters (lactones) is 1. The highest BCUT2D eigenvalue weighted by Crippen LogP contribution is 2.62. The van der Waals surface area contributed by atoms with Crippen LogP contribution in [0.25, 0.3) is 0 Å². The fourth-order valence-corrected chi connectivity index (χ4v) is 6.87. The standard InChI is InChI=1S/C26H38O8/c1-15-7-10-22-25(5,12-11-23(34-18(4)29)26(22,6)14-32-16(2)27)20(15)9-8-19-21(33-17(3)28)13-31-24(19)30/h19-23H,1,7-14H2,2-6H3/t19?,20-,21-,22+,23-,25+,26+/m1/s1. The van der Waals surface area contributed by atoms with Gasteiger partial charge in [0.15, 0.2) is 0 Å². The number of hydrogen-bond donors (Lipinski definition) is 0. The minimum atomic E-state index is -0.556. The Morgan fingerprint density at radius 2 is 1.71 bits per heavy atom. The summed E-state index contributed by atoms with van der Waals surface area (Å²) in [5.41, 5.74) is 0.450. The number of ether oxygens (including phenoxy) is 4. The third kappa shape index (κ3) is 5.15. The van der Waals surface area contributed by atoms with Crippen molar-refractivity contribution in [2.45, 2.75) is 85.4 Å². The molecule has 0 spiro atoms. The maximum absolute atomic E-state index is 12.3. The van der Waals surface area contributed by atoms with E-state index in [2.05, 4.69) is 20.4 Å². The number of fused-ring (bicyclic) bond motifs is 1. The smallest absolute Gasteiger partial charge is 0.312 e. The first kappa shape index (κ1) is 26.2. The van der Waals surface area contributed by atoms with Crippen LogP contribution in [0.15, 0.2) is 12.2 Å².